The molecule has 1 aliphatic heterocycles. The monoisotopic (exact) mass is 284 g/mol. The van der Waals surface area contributed by atoms with Crippen LogP contribution in [0.3, 0.4) is 0 Å². The molecular formula is C15H20N6. The molecule has 0 bridgehead atoms. The lowest BCUT2D eigenvalue weighted by molar-refractivity contribution is 0.373. The predicted molar refractivity (Wildman–Crippen MR) is 78.5 cm³/mol. The van der Waals surface area contributed by atoms with Gasteiger partial charge in [-0.25, -0.2) is 0 Å². The Labute approximate surface area is 124 Å². The lowest BCUT2D eigenvalue weighted by Gasteiger charge is -2.25. The molecular weight excluding hydrogens is 264 g/mol. The molecule has 0 aliphatic carbocycles. The van der Waals surface area contributed by atoms with Gasteiger partial charge in [0, 0.05) is 45.2 Å². The van der Waals surface area contributed by atoms with Crippen LogP contribution in [0, 0.1) is 11.3 Å². The third kappa shape index (κ3) is 2.69. The first-order valence-corrected chi connectivity index (χ1v) is 7.41. The van der Waals surface area contributed by atoms with Crippen LogP contribution in [0.4, 0.5) is 0 Å². The molecule has 0 amide bonds. The molecule has 0 fully saturated rings. The predicted octanol–water partition coefficient (Wildman–Crippen LogP) is 1.16. The topological polar surface area (TPSA) is 71.5 Å². The van der Waals surface area contributed by atoms with Crippen LogP contribution >= 0.6 is 0 Å². The Morgan fingerprint density at radius 1 is 1.48 bits per heavy atom. The normalized spacial score (nSPS) is 17.5. The number of aryl methyl sites for hydroxylation is 3. The second-order valence-corrected chi connectivity index (χ2v) is 5.57. The van der Waals surface area contributed by atoms with Crippen LogP contribution < -0.4 is 5.32 Å². The molecule has 0 spiro atoms. The van der Waals surface area contributed by atoms with Gasteiger partial charge in [0.15, 0.2) is 0 Å². The van der Waals surface area contributed by atoms with E-state index >= 15 is 0 Å². The van der Waals surface area contributed by atoms with E-state index in [4.69, 9.17) is 5.26 Å². The summed E-state index contributed by atoms with van der Waals surface area (Å²) in [6.07, 6.45) is 4.99. The first kappa shape index (κ1) is 13.8. The SMILES string of the molecule is CCc1nnc2n1CC(NCc1cc(C#N)n(C)c1)CC2. The Kier molecular flexibility index (Phi) is 3.76. The Bertz CT molecular complexity index is 661. The molecule has 3 rings (SSSR count). The first-order valence-electron chi connectivity index (χ1n) is 7.41. The molecule has 2 aromatic heterocycles. The lowest BCUT2D eigenvalue weighted by atomic mass is 10.1. The van der Waals surface area contributed by atoms with Gasteiger partial charge in [0.2, 0.25) is 0 Å². The van der Waals surface area contributed by atoms with Crippen LogP contribution in [-0.4, -0.2) is 25.4 Å². The maximum absolute atomic E-state index is 8.98. The number of aromatic nitrogens is 4. The third-order valence-corrected chi connectivity index (χ3v) is 4.11. The van der Waals surface area contributed by atoms with Gasteiger partial charge in [-0.1, -0.05) is 6.92 Å². The Hall–Kier alpha value is -2.13. The number of rotatable bonds is 4. The van der Waals surface area contributed by atoms with Gasteiger partial charge in [0.1, 0.15) is 23.4 Å². The Balaban J connectivity index is 1.63. The number of fused-ring (bicyclic) bond motifs is 1. The highest BCUT2D eigenvalue weighted by molar-refractivity contribution is 5.28. The van der Waals surface area contributed by atoms with Gasteiger partial charge in [-0.05, 0) is 18.1 Å². The zero-order valence-corrected chi connectivity index (χ0v) is 12.5. The van der Waals surface area contributed by atoms with Gasteiger partial charge in [-0.15, -0.1) is 10.2 Å². The van der Waals surface area contributed by atoms with Crippen molar-refractivity contribution in [1.29, 1.82) is 5.26 Å². The number of nitriles is 1. The Morgan fingerprint density at radius 3 is 3.05 bits per heavy atom. The summed E-state index contributed by atoms with van der Waals surface area (Å²) in [5, 5.41) is 21.1. The summed E-state index contributed by atoms with van der Waals surface area (Å²) < 4.78 is 4.11. The maximum Gasteiger partial charge on any atom is 0.133 e. The van der Waals surface area contributed by atoms with Gasteiger partial charge in [0.25, 0.3) is 0 Å². The van der Waals surface area contributed by atoms with Crippen molar-refractivity contribution in [3.63, 3.8) is 0 Å². The van der Waals surface area contributed by atoms with Crippen molar-refractivity contribution in [1.82, 2.24) is 24.6 Å². The zero-order chi connectivity index (χ0) is 14.8. The zero-order valence-electron chi connectivity index (χ0n) is 12.5. The molecule has 0 saturated heterocycles. The fourth-order valence-electron chi connectivity index (χ4n) is 2.91. The Morgan fingerprint density at radius 2 is 2.33 bits per heavy atom. The second kappa shape index (κ2) is 5.70. The van der Waals surface area contributed by atoms with Gasteiger partial charge >= 0.3 is 0 Å². The highest BCUT2D eigenvalue weighted by Crippen LogP contribution is 2.16. The summed E-state index contributed by atoms with van der Waals surface area (Å²) in [5.41, 5.74) is 1.85. The molecule has 6 nitrogen and oxygen atoms in total. The average molecular weight is 284 g/mol. The minimum absolute atomic E-state index is 0.435. The highest BCUT2D eigenvalue weighted by atomic mass is 15.3. The largest absolute Gasteiger partial charge is 0.342 e. The number of hydrogen-bond acceptors (Lipinski definition) is 4. The quantitative estimate of drug-likeness (QED) is 0.914. The van der Waals surface area contributed by atoms with Gasteiger partial charge in [-0.3, -0.25) is 0 Å². The van der Waals surface area contributed by atoms with Gasteiger partial charge < -0.3 is 14.5 Å². The molecule has 0 saturated carbocycles. The smallest absolute Gasteiger partial charge is 0.133 e. The molecule has 1 aliphatic rings. The summed E-state index contributed by atoms with van der Waals surface area (Å²) in [6, 6.07) is 4.57. The fraction of sp³-hybridized carbons (Fsp3) is 0.533. The summed E-state index contributed by atoms with van der Waals surface area (Å²) in [7, 11) is 1.90. The van der Waals surface area contributed by atoms with Crippen LogP contribution in [-0.2, 0) is 33.0 Å². The fourth-order valence-corrected chi connectivity index (χ4v) is 2.91. The van der Waals surface area contributed by atoms with Crippen LogP contribution in [0.25, 0.3) is 0 Å². The van der Waals surface area contributed by atoms with Crippen LogP contribution in [0.2, 0.25) is 0 Å². The van der Waals surface area contributed by atoms with Crippen molar-refractivity contribution in [3.05, 3.63) is 35.2 Å². The highest BCUT2D eigenvalue weighted by Gasteiger charge is 2.21. The van der Waals surface area contributed by atoms with Gasteiger partial charge in [-0.2, -0.15) is 5.26 Å². The van der Waals surface area contributed by atoms with Gasteiger partial charge in [0.05, 0.1) is 0 Å². The second-order valence-electron chi connectivity index (χ2n) is 5.57. The van der Waals surface area contributed by atoms with Crippen molar-refractivity contribution in [3.8, 4) is 6.07 Å². The van der Waals surface area contributed by atoms with Crippen molar-refractivity contribution in [2.45, 2.75) is 45.3 Å². The van der Waals surface area contributed by atoms with E-state index in [0.717, 1.165) is 49.6 Å². The minimum atomic E-state index is 0.435. The lowest BCUT2D eigenvalue weighted by Crippen LogP contribution is -2.37. The molecule has 6 heteroatoms. The van der Waals surface area contributed by atoms with Crippen molar-refractivity contribution in [2.24, 2.45) is 7.05 Å². The number of nitrogens with one attached hydrogen (secondary N) is 1. The molecule has 3 heterocycles. The van der Waals surface area contributed by atoms with E-state index in [1.165, 1.54) is 0 Å². The van der Waals surface area contributed by atoms with Crippen LogP contribution in [0.15, 0.2) is 12.3 Å². The molecule has 1 unspecified atom stereocenters. The van der Waals surface area contributed by atoms with E-state index in [2.05, 4.69) is 33.1 Å². The molecule has 2 aromatic rings. The van der Waals surface area contributed by atoms with Crippen LogP contribution in [0.5, 0.6) is 0 Å². The molecule has 0 radical (unpaired) electrons. The van der Waals surface area contributed by atoms with E-state index in [1.807, 2.05) is 23.9 Å². The average Bonchev–Trinajstić information content (AvgIpc) is 3.07. The molecule has 1 atom stereocenters. The standard InChI is InChI=1S/C15H20N6/c1-3-14-18-19-15-5-4-12(10-21(14)15)17-8-11-6-13(7-16)20(2)9-11/h6,9,12,17H,3-5,8,10H2,1-2H3. The summed E-state index contributed by atoms with van der Waals surface area (Å²) in [6.45, 7) is 3.84. The number of hydrogen-bond donors (Lipinski definition) is 1. The number of nitrogens with zero attached hydrogens (tertiary/aromatic N) is 5. The van der Waals surface area contributed by atoms with E-state index < -0.39 is 0 Å². The van der Waals surface area contributed by atoms with Crippen LogP contribution in [0.1, 0.15) is 36.3 Å². The summed E-state index contributed by atoms with van der Waals surface area (Å²) in [5.74, 6) is 2.18. The van der Waals surface area contributed by atoms with Crippen molar-refractivity contribution >= 4 is 0 Å². The van der Waals surface area contributed by atoms with Crippen molar-refractivity contribution < 1.29 is 0 Å². The molecule has 110 valence electrons. The summed E-state index contributed by atoms with van der Waals surface area (Å²) in [4.78, 5) is 0. The summed E-state index contributed by atoms with van der Waals surface area (Å²) >= 11 is 0. The first-order chi connectivity index (χ1) is 10.2. The van der Waals surface area contributed by atoms with E-state index in [9.17, 15) is 0 Å². The van der Waals surface area contributed by atoms with Crippen molar-refractivity contribution in [2.75, 3.05) is 0 Å². The molecule has 21 heavy (non-hydrogen) atoms. The van der Waals surface area contributed by atoms with E-state index in [-0.39, 0.29) is 0 Å². The third-order valence-electron chi connectivity index (χ3n) is 4.11. The van der Waals surface area contributed by atoms with E-state index in [1.54, 1.807) is 0 Å². The molecule has 1 N–H and O–H groups in total. The minimum Gasteiger partial charge on any atom is -0.342 e. The maximum atomic E-state index is 8.98. The molecule has 0 aromatic carbocycles. The van der Waals surface area contributed by atoms with E-state index in [0.29, 0.717) is 11.7 Å².